The van der Waals surface area contributed by atoms with Gasteiger partial charge in [0.25, 0.3) is 0 Å². The van der Waals surface area contributed by atoms with Crippen LogP contribution in [0.5, 0.6) is 17.4 Å². The lowest BCUT2D eigenvalue weighted by Crippen LogP contribution is -1.98. The molecule has 0 bridgehead atoms. The lowest BCUT2D eigenvalue weighted by atomic mass is 10.2. The fourth-order valence-corrected chi connectivity index (χ4v) is 2.11. The van der Waals surface area contributed by atoms with Crippen molar-refractivity contribution < 1.29 is 9.47 Å². The molecular formula is C16H15N3O2. The van der Waals surface area contributed by atoms with E-state index in [1.807, 2.05) is 36.4 Å². The highest BCUT2D eigenvalue weighted by molar-refractivity contribution is 5.85. The first kappa shape index (κ1) is 13.3. The molecule has 0 spiro atoms. The number of nitrogens with zero attached hydrogens (tertiary/aromatic N) is 2. The number of methoxy groups -OCH3 is 1. The van der Waals surface area contributed by atoms with Crippen molar-refractivity contribution in [2.45, 2.75) is 6.54 Å². The molecule has 3 rings (SSSR count). The molecule has 1 heterocycles. The summed E-state index contributed by atoms with van der Waals surface area (Å²) < 4.78 is 11.1. The zero-order chi connectivity index (χ0) is 14.7. The zero-order valence-electron chi connectivity index (χ0n) is 11.6. The first-order valence-electron chi connectivity index (χ1n) is 6.56. The van der Waals surface area contributed by atoms with Crippen molar-refractivity contribution in [3.05, 3.63) is 54.2 Å². The van der Waals surface area contributed by atoms with Crippen LogP contribution in [0.4, 0.5) is 0 Å². The molecule has 0 atom stereocenters. The molecule has 3 aromatic rings. The minimum absolute atomic E-state index is 0.411. The molecule has 0 saturated carbocycles. The Bertz CT molecular complexity index is 747. The molecule has 2 aromatic carbocycles. The van der Waals surface area contributed by atoms with Crippen LogP contribution in [0.1, 0.15) is 5.56 Å². The van der Waals surface area contributed by atoms with E-state index in [1.165, 1.54) is 0 Å². The van der Waals surface area contributed by atoms with Gasteiger partial charge in [0.15, 0.2) is 0 Å². The van der Waals surface area contributed by atoms with Gasteiger partial charge in [0.1, 0.15) is 11.5 Å². The SMILES string of the molecule is COc1cc(CN)cc(Oc2nncc3ccccc23)c1. The van der Waals surface area contributed by atoms with Crippen LogP contribution in [0.15, 0.2) is 48.7 Å². The monoisotopic (exact) mass is 281 g/mol. The fraction of sp³-hybridized carbons (Fsp3) is 0.125. The maximum absolute atomic E-state index is 5.87. The average Bonchev–Trinajstić information content (AvgIpc) is 2.55. The summed E-state index contributed by atoms with van der Waals surface area (Å²) >= 11 is 0. The first-order chi connectivity index (χ1) is 10.3. The number of fused-ring (bicyclic) bond motifs is 1. The second kappa shape index (κ2) is 5.76. The molecule has 0 aliphatic rings. The summed E-state index contributed by atoms with van der Waals surface area (Å²) in [6.45, 7) is 0.411. The number of aromatic nitrogens is 2. The molecule has 1 aromatic heterocycles. The van der Waals surface area contributed by atoms with Crippen LogP contribution in [0.25, 0.3) is 10.8 Å². The molecule has 106 valence electrons. The van der Waals surface area contributed by atoms with Crippen molar-refractivity contribution in [3.8, 4) is 17.4 Å². The maximum atomic E-state index is 5.87. The van der Waals surface area contributed by atoms with Crippen LogP contribution in [-0.4, -0.2) is 17.3 Å². The van der Waals surface area contributed by atoms with Gasteiger partial charge in [0.2, 0.25) is 5.88 Å². The van der Waals surface area contributed by atoms with Crippen molar-refractivity contribution in [2.75, 3.05) is 7.11 Å². The highest BCUT2D eigenvalue weighted by Gasteiger charge is 2.08. The van der Waals surface area contributed by atoms with E-state index in [9.17, 15) is 0 Å². The second-order valence-electron chi connectivity index (χ2n) is 4.56. The predicted octanol–water partition coefficient (Wildman–Crippen LogP) is 2.89. The van der Waals surface area contributed by atoms with Crippen LogP contribution < -0.4 is 15.2 Å². The number of nitrogens with two attached hydrogens (primary N) is 1. The predicted molar refractivity (Wildman–Crippen MR) is 80.5 cm³/mol. The molecule has 0 fully saturated rings. The summed E-state index contributed by atoms with van der Waals surface area (Å²) in [6.07, 6.45) is 1.71. The van der Waals surface area contributed by atoms with Gasteiger partial charge in [0, 0.05) is 23.4 Å². The van der Waals surface area contributed by atoms with E-state index in [-0.39, 0.29) is 0 Å². The van der Waals surface area contributed by atoms with Crippen molar-refractivity contribution in [3.63, 3.8) is 0 Å². The molecule has 0 saturated heterocycles. The molecule has 0 aliphatic heterocycles. The summed E-state index contributed by atoms with van der Waals surface area (Å²) in [5.41, 5.74) is 6.62. The van der Waals surface area contributed by atoms with E-state index in [0.29, 0.717) is 23.9 Å². The van der Waals surface area contributed by atoms with Crippen molar-refractivity contribution in [2.24, 2.45) is 5.73 Å². The fourth-order valence-electron chi connectivity index (χ4n) is 2.11. The van der Waals surface area contributed by atoms with Crippen molar-refractivity contribution in [1.82, 2.24) is 10.2 Å². The van der Waals surface area contributed by atoms with Gasteiger partial charge in [-0.1, -0.05) is 18.2 Å². The first-order valence-corrected chi connectivity index (χ1v) is 6.56. The summed E-state index contributed by atoms with van der Waals surface area (Å²) in [5, 5.41) is 9.92. The Hall–Kier alpha value is -2.66. The summed E-state index contributed by atoms with van der Waals surface area (Å²) in [4.78, 5) is 0. The average molecular weight is 281 g/mol. The topological polar surface area (TPSA) is 70.3 Å². The van der Waals surface area contributed by atoms with Gasteiger partial charge in [-0.3, -0.25) is 0 Å². The van der Waals surface area contributed by atoms with E-state index in [0.717, 1.165) is 16.3 Å². The molecule has 0 amide bonds. The Morgan fingerprint density at radius 3 is 2.71 bits per heavy atom. The Morgan fingerprint density at radius 2 is 1.90 bits per heavy atom. The number of hydrogen-bond acceptors (Lipinski definition) is 5. The highest BCUT2D eigenvalue weighted by atomic mass is 16.5. The third-order valence-electron chi connectivity index (χ3n) is 3.16. The number of hydrogen-bond donors (Lipinski definition) is 1. The third kappa shape index (κ3) is 2.78. The van der Waals surface area contributed by atoms with E-state index in [1.54, 1.807) is 19.4 Å². The van der Waals surface area contributed by atoms with Crippen LogP contribution in [0.2, 0.25) is 0 Å². The van der Waals surface area contributed by atoms with Crippen LogP contribution in [0, 0.1) is 0 Å². The Balaban J connectivity index is 2.02. The van der Waals surface area contributed by atoms with Gasteiger partial charge in [-0.2, -0.15) is 5.10 Å². The summed E-state index contributed by atoms with van der Waals surface area (Å²) in [7, 11) is 1.61. The number of ether oxygens (including phenoxy) is 2. The lowest BCUT2D eigenvalue weighted by molar-refractivity contribution is 0.406. The van der Waals surface area contributed by atoms with Gasteiger partial charge < -0.3 is 15.2 Å². The molecule has 21 heavy (non-hydrogen) atoms. The zero-order valence-corrected chi connectivity index (χ0v) is 11.6. The number of rotatable bonds is 4. The Kier molecular flexibility index (Phi) is 3.66. The summed E-state index contributed by atoms with van der Waals surface area (Å²) in [6, 6.07) is 13.3. The molecule has 5 nitrogen and oxygen atoms in total. The molecule has 2 N–H and O–H groups in total. The largest absolute Gasteiger partial charge is 0.497 e. The molecule has 5 heteroatoms. The quantitative estimate of drug-likeness (QED) is 0.796. The highest BCUT2D eigenvalue weighted by Crippen LogP contribution is 2.29. The Morgan fingerprint density at radius 1 is 1.10 bits per heavy atom. The van der Waals surface area contributed by atoms with Gasteiger partial charge in [-0.15, -0.1) is 5.10 Å². The van der Waals surface area contributed by atoms with Gasteiger partial charge >= 0.3 is 0 Å². The Labute approximate surface area is 122 Å². The van der Waals surface area contributed by atoms with Crippen LogP contribution >= 0.6 is 0 Å². The van der Waals surface area contributed by atoms with Crippen LogP contribution in [-0.2, 0) is 6.54 Å². The summed E-state index contributed by atoms with van der Waals surface area (Å²) in [5.74, 6) is 1.78. The lowest BCUT2D eigenvalue weighted by Gasteiger charge is -2.10. The van der Waals surface area contributed by atoms with Crippen molar-refractivity contribution >= 4 is 10.8 Å². The second-order valence-corrected chi connectivity index (χ2v) is 4.56. The van der Waals surface area contributed by atoms with Gasteiger partial charge in [-0.25, -0.2) is 0 Å². The molecule has 0 unspecified atom stereocenters. The van der Waals surface area contributed by atoms with Gasteiger partial charge in [-0.05, 0) is 23.8 Å². The van der Waals surface area contributed by atoms with E-state index >= 15 is 0 Å². The molecule has 0 radical (unpaired) electrons. The minimum atomic E-state index is 0.411. The standard InChI is InChI=1S/C16H15N3O2/c1-20-13-6-11(9-17)7-14(8-13)21-16-15-5-3-2-4-12(15)10-18-19-16/h2-8,10H,9,17H2,1H3. The minimum Gasteiger partial charge on any atom is -0.497 e. The molecular weight excluding hydrogens is 266 g/mol. The third-order valence-corrected chi connectivity index (χ3v) is 3.16. The van der Waals surface area contributed by atoms with E-state index in [4.69, 9.17) is 15.2 Å². The van der Waals surface area contributed by atoms with Crippen LogP contribution in [0.3, 0.4) is 0 Å². The number of benzene rings is 2. The van der Waals surface area contributed by atoms with E-state index < -0.39 is 0 Å². The van der Waals surface area contributed by atoms with Crippen molar-refractivity contribution in [1.29, 1.82) is 0 Å². The maximum Gasteiger partial charge on any atom is 0.246 e. The van der Waals surface area contributed by atoms with Gasteiger partial charge in [0.05, 0.1) is 13.3 Å². The smallest absolute Gasteiger partial charge is 0.246 e. The molecule has 0 aliphatic carbocycles. The normalized spacial score (nSPS) is 10.6. The van der Waals surface area contributed by atoms with E-state index in [2.05, 4.69) is 10.2 Å².